The van der Waals surface area contributed by atoms with Crippen molar-refractivity contribution in [2.75, 3.05) is 5.32 Å². The maximum absolute atomic E-state index is 13.1. The lowest BCUT2D eigenvalue weighted by atomic mass is 10.0. The van der Waals surface area contributed by atoms with Gasteiger partial charge in [-0.05, 0) is 48.7 Å². The number of carbonyl (C=O) groups is 1. The van der Waals surface area contributed by atoms with Gasteiger partial charge in [0.15, 0.2) is 0 Å². The maximum Gasteiger partial charge on any atom is 0.416 e. The summed E-state index contributed by atoms with van der Waals surface area (Å²) in [4.78, 5) is 13.0. The number of para-hydroxylation sites is 1. The van der Waals surface area contributed by atoms with Gasteiger partial charge >= 0.3 is 6.18 Å². The number of nitrogens with one attached hydrogen (secondary N) is 1. The van der Waals surface area contributed by atoms with Crippen molar-refractivity contribution in [3.8, 4) is 5.69 Å². The Labute approximate surface area is 183 Å². The summed E-state index contributed by atoms with van der Waals surface area (Å²) < 4.78 is 40.5. The van der Waals surface area contributed by atoms with Crippen LogP contribution in [0.4, 0.5) is 18.9 Å². The van der Waals surface area contributed by atoms with Crippen molar-refractivity contribution < 1.29 is 18.0 Å². The molecule has 4 aromatic rings. The Hall–Kier alpha value is -3.87. The maximum atomic E-state index is 13.1. The highest BCUT2D eigenvalue weighted by molar-refractivity contribution is 6.05. The highest BCUT2D eigenvalue weighted by atomic mass is 19.4. The van der Waals surface area contributed by atoms with Gasteiger partial charge < -0.3 is 5.32 Å². The van der Waals surface area contributed by atoms with Crippen LogP contribution in [0, 0.1) is 6.92 Å². The molecule has 1 amide bonds. The number of anilines is 1. The molecule has 0 aliphatic rings. The van der Waals surface area contributed by atoms with Gasteiger partial charge in [0.05, 0.1) is 28.7 Å². The number of alkyl halides is 3. The number of hydrogen-bond acceptors (Lipinski definition) is 2. The van der Waals surface area contributed by atoms with E-state index in [0.29, 0.717) is 17.8 Å². The molecule has 0 spiro atoms. The Bertz CT molecular complexity index is 1250. The minimum atomic E-state index is -4.46. The van der Waals surface area contributed by atoms with Crippen molar-refractivity contribution in [1.29, 1.82) is 0 Å². The van der Waals surface area contributed by atoms with Crippen molar-refractivity contribution in [1.82, 2.24) is 9.78 Å². The first-order valence-electron chi connectivity index (χ1n) is 9.98. The summed E-state index contributed by atoms with van der Waals surface area (Å²) in [5.74, 6) is -0.374. The number of rotatable bonds is 5. The van der Waals surface area contributed by atoms with E-state index in [2.05, 4.69) is 10.4 Å². The summed E-state index contributed by atoms with van der Waals surface area (Å²) in [5.41, 5.74) is 2.94. The molecule has 1 aromatic heterocycles. The fraction of sp³-hybridized carbons (Fsp3) is 0.120. The average Bonchev–Trinajstić information content (AvgIpc) is 3.17. The molecule has 0 saturated heterocycles. The second-order valence-electron chi connectivity index (χ2n) is 7.38. The fourth-order valence-corrected chi connectivity index (χ4v) is 3.51. The topological polar surface area (TPSA) is 46.9 Å². The molecule has 0 saturated carbocycles. The van der Waals surface area contributed by atoms with E-state index in [4.69, 9.17) is 0 Å². The number of halogens is 3. The van der Waals surface area contributed by atoms with Crippen molar-refractivity contribution in [3.05, 3.63) is 113 Å². The van der Waals surface area contributed by atoms with Crippen LogP contribution in [0.25, 0.3) is 5.69 Å². The third-order valence-corrected chi connectivity index (χ3v) is 5.18. The smallest absolute Gasteiger partial charge is 0.322 e. The fourth-order valence-electron chi connectivity index (χ4n) is 3.51. The molecule has 1 N–H and O–H groups in total. The van der Waals surface area contributed by atoms with E-state index in [1.54, 1.807) is 6.92 Å². The number of benzene rings is 3. The number of nitrogens with zero attached hydrogens (tertiary/aromatic N) is 2. The molecule has 0 fully saturated rings. The quantitative estimate of drug-likeness (QED) is 0.415. The minimum Gasteiger partial charge on any atom is -0.322 e. The summed E-state index contributed by atoms with van der Waals surface area (Å²) in [6.45, 7) is 1.65. The van der Waals surface area contributed by atoms with E-state index < -0.39 is 11.7 Å². The molecule has 3 aromatic carbocycles. The Morgan fingerprint density at radius 1 is 0.969 bits per heavy atom. The minimum absolute atomic E-state index is 0.237. The van der Waals surface area contributed by atoms with Gasteiger partial charge in [-0.2, -0.15) is 18.3 Å². The summed E-state index contributed by atoms with van der Waals surface area (Å²) in [7, 11) is 0. The van der Waals surface area contributed by atoms with E-state index in [1.165, 1.54) is 23.0 Å². The molecule has 0 unspecified atom stereocenters. The molecule has 0 radical (unpaired) electrons. The highest BCUT2D eigenvalue weighted by Crippen LogP contribution is 2.30. The van der Waals surface area contributed by atoms with Crippen molar-refractivity contribution in [2.24, 2.45) is 0 Å². The van der Waals surface area contributed by atoms with E-state index in [9.17, 15) is 18.0 Å². The second-order valence-corrected chi connectivity index (χ2v) is 7.38. The van der Waals surface area contributed by atoms with Gasteiger partial charge in [-0.1, -0.05) is 54.6 Å². The summed E-state index contributed by atoms with van der Waals surface area (Å²) >= 11 is 0. The number of carbonyl (C=O) groups excluding carboxylic acids is 1. The zero-order valence-corrected chi connectivity index (χ0v) is 17.2. The third-order valence-electron chi connectivity index (χ3n) is 5.18. The molecular weight excluding hydrogens is 415 g/mol. The normalized spacial score (nSPS) is 11.4. The lowest BCUT2D eigenvalue weighted by Gasteiger charge is -2.12. The zero-order valence-electron chi connectivity index (χ0n) is 17.2. The lowest BCUT2D eigenvalue weighted by Crippen LogP contribution is -2.14. The Morgan fingerprint density at radius 2 is 1.69 bits per heavy atom. The largest absolute Gasteiger partial charge is 0.416 e. The molecule has 0 atom stereocenters. The molecule has 1 heterocycles. The van der Waals surface area contributed by atoms with Gasteiger partial charge in [-0.3, -0.25) is 4.79 Å². The molecule has 4 rings (SSSR count). The van der Waals surface area contributed by atoms with Crippen LogP contribution in [-0.2, 0) is 12.6 Å². The van der Waals surface area contributed by atoms with E-state index in [-0.39, 0.29) is 17.2 Å². The van der Waals surface area contributed by atoms with Gasteiger partial charge in [0, 0.05) is 5.69 Å². The highest BCUT2D eigenvalue weighted by Gasteiger charge is 2.30. The van der Waals surface area contributed by atoms with Gasteiger partial charge in [0.2, 0.25) is 0 Å². The van der Waals surface area contributed by atoms with Gasteiger partial charge in [0.25, 0.3) is 5.91 Å². The van der Waals surface area contributed by atoms with Crippen molar-refractivity contribution in [2.45, 2.75) is 19.5 Å². The summed E-state index contributed by atoms with van der Waals surface area (Å²) in [6.07, 6.45) is -2.44. The van der Waals surface area contributed by atoms with Crippen LogP contribution in [0.15, 0.2) is 85.1 Å². The Kier molecular flexibility index (Phi) is 5.81. The predicted molar refractivity (Wildman–Crippen MR) is 117 cm³/mol. The standard InChI is InChI=1S/C25H20F3N3O/c1-17-22(16-29-31(17)21-12-7-11-20(15-21)25(26,27)28)24(32)30-23-13-6-5-10-19(23)14-18-8-3-2-4-9-18/h2-13,15-16H,14H2,1H3,(H,30,32). The Balaban J connectivity index is 1.58. The van der Waals surface area contributed by atoms with Crippen LogP contribution in [0.1, 0.15) is 32.7 Å². The third kappa shape index (κ3) is 4.56. The SMILES string of the molecule is Cc1c(C(=O)Nc2ccccc2Cc2ccccc2)cnn1-c1cccc(C(F)(F)F)c1. The van der Waals surface area contributed by atoms with Crippen LogP contribution in [0.2, 0.25) is 0 Å². The van der Waals surface area contributed by atoms with Crippen LogP contribution in [0.3, 0.4) is 0 Å². The molecule has 32 heavy (non-hydrogen) atoms. The summed E-state index contributed by atoms with van der Waals surface area (Å²) in [5, 5.41) is 7.07. The molecule has 7 heteroatoms. The van der Waals surface area contributed by atoms with E-state index in [1.807, 2.05) is 54.6 Å². The predicted octanol–water partition coefficient (Wildman–Crippen LogP) is 6.04. The monoisotopic (exact) mass is 435 g/mol. The van der Waals surface area contributed by atoms with Crippen LogP contribution >= 0.6 is 0 Å². The summed E-state index contributed by atoms with van der Waals surface area (Å²) in [6, 6.07) is 22.3. The van der Waals surface area contributed by atoms with E-state index >= 15 is 0 Å². The Morgan fingerprint density at radius 3 is 2.44 bits per heavy atom. The molecule has 0 aliphatic carbocycles. The van der Waals surface area contributed by atoms with Crippen LogP contribution in [0.5, 0.6) is 0 Å². The van der Waals surface area contributed by atoms with Gasteiger partial charge in [-0.15, -0.1) is 0 Å². The molecule has 0 bridgehead atoms. The first-order valence-corrected chi connectivity index (χ1v) is 9.98. The van der Waals surface area contributed by atoms with Crippen LogP contribution < -0.4 is 5.32 Å². The number of hydrogen-bond donors (Lipinski definition) is 1. The second kappa shape index (κ2) is 8.70. The average molecular weight is 435 g/mol. The first kappa shape index (κ1) is 21.4. The number of aromatic nitrogens is 2. The lowest BCUT2D eigenvalue weighted by molar-refractivity contribution is -0.137. The molecule has 4 nitrogen and oxygen atoms in total. The molecule has 162 valence electrons. The first-order chi connectivity index (χ1) is 15.3. The van der Waals surface area contributed by atoms with Gasteiger partial charge in [-0.25, -0.2) is 4.68 Å². The molecular formula is C25H20F3N3O. The van der Waals surface area contributed by atoms with Crippen LogP contribution in [-0.4, -0.2) is 15.7 Å². The molecule has 0 aliphatic heterocycles. The number of amides is 1. The van der Waals surface area contributed by atoms with E-state index in [0.717, 1.165) is 23.3 Å². The van der Waals surface area contributed by atoms with Crippen molar-refractivity contribution >= 4 is 11.6 Å². The van der Waals surface area contributed by atoms with Crippen molar-refractivity contribution in [3.63, 3.8) is 0 Å². The van der Waals surface area contributed by atoms with Gasteiger partial charge in [0.1, 0.15) is 0 Å². The zero-order chi connectivity index (χ0) is 22.7.